The minimum Gasteiger partial charge on any atom is -0.306 e. The fraction of sp³-hybridized carbons (Fsp3) is 0.400. The highest BCUT2D eigenvalue weighted by molar-refractivity contribution is 7.91. The van der Waals surface area contributed by atoms with Crippen LogP contribution in [0.15, 0.2) is 59.5 Å². The molecule has 0 heterocycles. The fourth-order valence-electron chi connectivity index (χ4n) is 3.25. The molecule has 2 aromatic rings. The molecule has 2 aromatic carbocycles. The van der Waals surface area contributed by atoms with Crippen molar-refractivity contribution in [1.82, 2.24) is 5.32 Å². The van der Waals surface area contributed by atoms with Gasteiger partial charge in [-0.15, -0.1) is 0 Å². The highest BCUT2D eigenvalue weighted by Gasteiger charge is 2.34. The maximum atomic E-state index is 12.6. The van der Waals surface area contributed by atoms with Gasteiger partial charge in [0.05, 0.1) is 10.6 Å². The molecule has 24 heavy (non-hydrogen) atoms. The van der Waals surface area contributed by atoms with Crippen molar-refractivity contribution in [3.05, 3.63) is 65.7 Å². The summed E-state index contributed by atoms with van der Waals surface area (Å²) in [6.07, 6.45) is 2.42. The van der Waals surface area contributed by atoms with Crippen molar-refractivity contribution in [2.45, 2.75) is 43.7 Å². The first-order valence-electron chi connectivity index (χ1n) is 8.57. The van der Waals surface area contributed by atoms with Gasteiger partial charge in [0.2, 0.25) is 0 Å². The number of aryl methyl sites for hydroxylation is 1. The maximum Gasteiger partial charge on any atom is 0.179 e. The minimum absolute atomic E-state index is 0.0968. The van der Waals surface area contributed by atoms with Crippen molar-refractivity contribution in [3.8, 4) is 0 Å². The lowest BCUT2D eigenvalue weighted by Crippen LogP contribution is -2.37. The van der Waals surface area contributed by atoms with E-state index in [1.54, 1.807) is 24.3 Å². The molecule has 0 bridgehead atoms. The van der Waals surface area contributed by atoms with Crippen LogP contribution < -0.4 is 5.32 Å². The van der Waals surface area contributed by atoms with E-state index < -0.39 is 9.84 Å². The molecule has 4 heteroatoms. The molecule has 0 saturated heterocycles. The number of nitrogens with one attached hydrogen (secondary N) is 1. The summed E-state index contributed by atoms with van der Waals surface area (Å²) in [5.41, 5.74) is 2.56. The second kappa shape index (κ2) is 7.08. The predicted molar refractivity (Wildman–Crippen MR) is 97.7 cm³/mol. The van der Waals surface area contributed by atoms with Gasteiger partial charge in [0, 0.05) is 12.1 Å². The number of sulfone groups is 1. The van der Waals surface area contributed by atoms with Crippen LogP contribution in [0.25, 0.3) is 0 Å². The molecule has 3 rings (SSSR count). The largest absolute Gasteiger partial charge is 0.306 e. The Morgan fingerprint density at radius 1 is 1.04 bits per heavy atom. The zero-order valence-corrected chi connectivity index (χ0v) is 15.1. The summed E-state index contributed by atoms with van der Waals surface area (Å²) in [7, 11) is -3.27. The molecule has 0 aromatic heterocycles. The molecule has 3 nitrogen and oxygen atoms in total. The smallest absolute Gasteiger partial charge is 0.179 e. The Hall–Kier alpha value is -1.65. The van der Waals surface area contributed by atoms with Gasteiger partial charge in [-0.25, -0.2) is 8.42 Å². The molecule has 128 valence electrons. The van der Waals surface area contributed by atoms with Crippen LogP contribution >= 0.6 is 0 Å². The van der Waals surface area contributed by atoms with E-state index in [2.05, 4.69) is 30.4 Å². The van der Waals surface area contributed by atoms with Gasteiger partial charge in [-0.05, 0) is 55.9 Å². The quantitative estimate of drug-likeness (QED) is 0.829. The molecule has 0 aliphatic heterocycles. The summed E-state index contributed by atoms with van der Waals surface area (Å²) < 4.78 is 25.1. The van der Waals surface area contributed by atoms with Crippen LogP contribution in [0.4, 0.5) is 0 Å². The first-order valence-corrected chi connectivity index (χ1v) is 10.2. The third kappa shape index (κ3) is 4.05. The standard InChI is InChI=1S/C20H25NO2S/c1-15-8-6-7-11-19(15)20(17-12-13-17)21-16(2)14-24(22,23)18-9-4-3-5-10-18/h3-11,16-17,20-21H,12-14H2,1-2H3/t16-,20-/m0/s1. The molecule has 0 radical (unpaired) electrons. The van der Waals surface area contributed by atoms with Crippen molar-refractivity contribution in [3.63, 3.8) is 0 Å². The summed E-state index contributed by atoms with van der Waals surface area (Å²) in [4.78, 5) is 0.400. The molecular formula is C20H25NO2S. The number of rotatable bonds is 7. The number of benzene rings is 2. The summed E-state index contributed by atoms with van der Waals surface area (Å²) >= 11 is 0. The molecule has 1 N–H and O–H groups in total. The second-order valence-electron chi connectivity index (χ2n) is 6.83. The van der Waals surface area contributed by atoms with Gasteiger partial charge in [0.1, 0.15) is 0 Å². The molecule has 1 aliphatic carbocycles. The molecule has 1 aliphatic rings. The Balaban J connectivity index is 1.73. The molecule has 1 fully saturated rings. The SMILES string of the molecule is Cc1ccccc1[C@@H](N[C@@H](C)CS(=O)(=O)c1ccccc1)C1CC1. The average molecular weight is 343 g/mol. The van der Waals surface area contributed by atoms with Gasteiger partial charge >= 0.3 is 0 Å². The third-order valence-corrected chi connectivity index (χ3v) is 6.58. The summed E-state index contributed by atoms with van der Waals surface area (Å²) in [5.74, 6) is 0.736. The van der Waals surface area contributed by atoms with E-state index >= 15 is 0 Å². The van der Waals surface area contributed by atoms with Crippen molar-refractivity contribution in [1.29, 1.82) is 0 Å². The van der Waals surface area contributed by atoms with Crippen LogP contribution in [0.1, 0.15) is 36.9 Å². The van der Waals surface area contributed by atoms with Gasteiger partial charge < -0.3 is 5.32 Å². The number of hydrogen-bond donors (Lipinski definition) is 1. The lowest BCUT2D eigenvalue weighted by Gasteiger charge is -2.25. The van der Waals surface area contributed by atoms with Crippen molar-refractivity contribution < 1.29 is 8.42 Å². The van der Waals surface area contributed by atoms with Gasteiger partial charge in [-0.2, -0.15) is 0 Å². The third-order valence-electron chi connectivity index (χ3n) is 4.65. The first kappa shape index (κ1) is 17.2. The molecule has 1 saturated carbocycles. The molecule has 0 spiro atoms. The van der Waals surface area contributed by atoms with Crippen LogP contribution in [0, 0.1) is 12.8 Å². The normalized spacial score (nSPS) is 17.4. The molecule has 2 atom stereocenters. The molecule has 0 amide bonds. The lowest BCUT2D eigenvalue weighted by molar-refractivity contribution is 0.433. The zero-order chi connectivity index (χ0) is 17.2. The minimum atomic E-state index is -3.27. The Kier molecular flexibility index (Phi) is 5.07. The highest BCUT2D eigenvalue weighted by Crippen LogP contribution is 2.42. The lowest BCUT2D eigenvalue weighted by atomic mass is 9.97. The molecule has 0 unspecified atom stereocenters. The van der Waals surface area contributed by atoms with Crippen LogP contribution in [0.3, 0.4) is 0 Å². The van der Waals surface area contributed by atoms with E-state index in [4.69, 9.17) is 0 Å². The Morgan fingerprint density at radius 3 is 2.29 bits per heavy atom. The predicted octanol–water partition coefficient (Wildman–Crippen LogP) is 3.90. The first-order chi connectivity index (χ1) is 11.5. The Morgan fingerprint density at radius 2 is 1.67 bits per heavy atom. The summed E-state index contributed by atoms with van der Waals surface area (Å²) in [5, 5.41) is 3.58. The maximum absolute atomic E-state index is 12.6. The number of hydrogen-bond acceptors (Lipinski definition) is 3. The van der Waals surface area contributed by atoms with E-state index in [9.17, 15) is 8.42 Å². The van der Waals surface area contributed by atoms with E-state index in [0.717, 1.165) is 0 Å². The fourth-order valence-corrected chi connectivity index (χ4v) is 4.77. The highest BCUT2D eigenvalue weighted by atomic mass is 32.2. The average Bonchev–Trinajstić information content (AvgIpc) is 3.39. The Labute approximate surface area is 145 Å². The summed E-state index contributed by atoms with van der Waals surface area (Å²) in [6.45, 7) is 4.09. The Bertz CT molecular complexity index is 782. The van der Waals surface area contributed by atoms with Crippen LogP contribution in [0.2, 0.25) is 0 Å². The van der Waals surface area contributed by atoms with Gasteiger partial charge in [-0.3, -0.25) is 0 Å². The van der Waals surface area contributed by atoms with E-state index in [1.807, 2.05) is 19.1 Å². The van der Waals surface area contributed by atoms with Gasteiger partial charge in [0.25, 0.3) is 0 Å². The second-order valence-corrected chi connectivity index (χ2v) is 8.87. The van der Waals surface area contributed by atoms with Crippen LogP contribution in [-0.4, -0.2) is 20.2 Å². The van der Waals surface area contributed by atoms with Crippen molar-refractivity contribution >= 4 is 9.84 Å². The van der Waals surface area contributed by atoms with E-state index in [0.29, 0.717) is 10.8 Å². The monoisotopic (exact) mass is 343 g/mol. The van der Waals surface area contributed by atoms with Gasteiger partial charge in [-0.1, -0.05) is 42.5 Å². The van der Waals surface area contributed by atoms with E-state index in [1.165, 1.54) is 24.0 Å². The van der Waals surface area contributed by atoms with Gasteiger partial charge in [0.15, 0.2) is 9.84 Å². The van der Waals surface area contributed by atoms with Crippen molar-refractivity contribution in [2.75, 3.05) is 5.75 Å². The van der Waals surface area contributed by atoms with E-state index in [-0.39, 0.29) is 17.8 Å². The summed E-state index contributed by atoms with van der Waals surface area (Å²) in [6, 6.07) is 17.2. The van der Waals surface area contributed by atoms with Crippen molar-refractivity contribution in [2.24, 2.45) is 5.92 Å². The zero-order valence-electron chi connectivity index (χ0n) is 14.3. The van der Waals surface area contributed by atoms with Crippen LogP contribution in [0.5, 0.6) is 0 Å². The van der Waals surface area contributed by atoms with Crippen LogP contribution in [-0.2, 0) is 9.84 Å². The molecular weight excluding hydrogens is 318 g/mol. The topological polar surface area (TPSA) is 46.2 Å².